The first-order valence-electron chi connectivity index (χ1n) is 9.33. The number of carbonyl (C=O) groups is 1. The van der Waals surface area contributed by atoms with Crippen LogP contribution in [0.1, 0.15) is 41.9 Å². The van der Waals surface area contributed by atoms with E-state index in [2.05, 4.69) is 16.7 Å². The lowest BCUT2D eigenvalue weighted by Gasteiger charge is -2.16. The van der Waals surface area contributed by atoms with E-state index in [-0.39, 0.29) is 18.4 Å². The smallest absolute Gasteiger partial charge is 0.274 e. The number of amides is 1. The molecule has 3 heterocycles. The molecule has 5 nitrogen and oxygen atoms in total. The van der Waals surface area contributed by atoms with Crippen molar-refractivity contribution in [2.45, 2.75) is 38.6 Å². The van der Waals surface area contributed by atoms with E-state index in [4.69, 9.17) is 4.98 Å². The highest BCUT2D eigenvalue weighted by molar-refractivity contribution is 5.94. The Morgan fingerprint density at radius 1 is 1.16 bits per heavy atom. The van der Waals surface area contributed by atoms with Crippen molar-refractivity contribution in [2.75, 3.05) is 19.7 Å². The number of aliphatic hydroxyl groups is 1. The minimum Gasteiger partial charge on any atom is -0.396 e. The number of imidazole rings is 1. The van der Waals surface area contributed by atoms with E-state index >= 15 is 0 Å². The van der Waals surface area contributed by atoms with Crippen LogP contribution in [0.15, 0.2) is 30.3 Å². The third-order valence-corrected chi connectivity index (χ3v) is 5.43. The van der Waals surface area contributed by atoms with Crippen LogP contribution in [0.3, 0.4) is 0 Å². The molecule has 132 valence electrons. The molecule has 0 aliphatic carbocycles. The van der Waals surface area contributed by atoms with E-state index in [1.54, 1.807) is 0 Å². The fourth-order valence-electron chi connectivity index (χ4n) is 4.01. The van der Waals surface area contributed by atoms with Crippen molar-refractivity contribution >= 4 is 5.91 Å². The molecule has 2 aromatic rings. The van der Waals surface area contributed by atoms with Crippen LogP contribution < -0.4 is 0 Å². The Labute approximate surface area is 148 Å². The fraction of sp³-hybridized carbons (Fsp3) is 0.500. The third-order valence-electron chi connectivity index (χ3n) is 5.43. The van der Waals surface area contributed by atoms with Gasteiger partial charge in [-0.05, 0) is 25.7 Å². The van der Waals surface area contributed by atoms with Crippen LogP contribution >= 0.6 is 0 Å². The number of carbonyl (C=O) groups excluding carboxylic acids is 1. The number of hydrogen-bond donors (Lipinski definition) is 1. The Kier molecular flexibility index (Phi) is 4.57. The number of likely N-dealkylation sites (tertiary alicyclic amines) is 1. The number of rotatable bonds is 3. The van der Waals surface area contributed by atoms with Gasteiger partial charge in [0.25, 0.3) is 5.91 Å². The average molecular weight is 339 g/mol. The van der Waals surface area contributed by atoms with Crippen LogP contribution in [0.25, 0.3) is 11.4 Å². The highest BCUT2D eigenvalue weighted by Gasteiger charge is 2.31. The Bertz CT molecular complexity index is 754. The Balaban J connectivity index is 1.73. The van der Waals surface area contributed by atoms with Crippen molar-refractivity contribution in [2.24, 2.45) is 5.92 Å². The molecule has 4 rings (SSSR count). The van der Waals surface area contributed by atoms with Gasteiger partial charge < -0.3 is 14.6 Å². The van der Waals surface area contributed by atoms with Gasteiger partial charge in [-0.2, -0.15) is 0 Å². The minimum atomic E-state index is 0.0313. The molecule has 1 amide bonds. The van der Waals surface area contributed by atoms with E-state index in [9.17, 15) is 9.90 Å². The van der Waals surface area contributed by atoms with Gasteiger partial charge in [0.05, 0.1) is 5.69 Å². The molecule has 0 radical (unpaired) electrons. The van der Waals surface area contributed by atoms with Gasteiger partial charge in [0, 0.05) is 37.7 Å². The van der Waals surface area contributed by atoms with Crippen molar-refractivity contribution < 1.29 is 9.90 Å². The maximum atomic E-state index is 13.1. The molecule has 1 atom stereocenters. The van der Waals surface area contributed by atoms with Gasteiger partial charge in [-0.3, -0.25) is 4.79 Å². The zero-order valence-electron chi connectivity index (χ0n) is 14.5. The first kappa shape index (κ1) is 16.3. The largest absolute Gasteiger partial charge is 0.396 e. The van der Waals surface area contributed by atoms with E-state index in [0.29, 0.717) is 12.2 Å². The second kappa shape index (κ2) is 7.00. The van der Waals surface area contributed by atoms with Crippen molar-refractivity contribution in [1.82, 2.24) is 14.5 Å². The highest BCUT2D eigenvalue weighted by atomic mass is 16.3. The van der Waals surface area contributed by atoms with Crippen LogP contribution in [-0.2, 0) is 13.0 Å². The SMILES string of the molecule is O=C(c1nc(-c2ccccc2)n2c1CCCCC2)N1CCC(CO)C1. The molecule has 1 N–H and O–H groups in total. The third kappa shape index (κ3) is 3.09. The summed E-state index contributed by atoms with van der Waals surface area (Å²) in [5.41, 5.74) is 2.78. The summed E-state index contributed by atoms with van der Waals surface area (Å²) in [5, 5.41) is 9.36. The Morgan fingerprint density at radius 3 is 2.76 bits per heavy atom. The lowest BCUT2D eigenvalue weighted by molar-refractivity contribution is 0.0775. The van der Waals surface area contributed by atoms with Crippen LogP contribution in [0.4, 0.5) is 0 Å². The molecule has 0 spiro atoms. The summed E-state index contributed by atoms with van der Waals surface area (Å²) >= 11 is 0. The molecule has 1 aromatic carbocycles. The lowest BCUT2D eigenvalue weighted by atomic mass is 10.1. The first-order chi connectivity index (χ1) is 12.3. The van der Waals surface area contributed by atoms with Crippen LogP contribution in [-0.4, -0.2) is 45.2 Å². The predicted molar refractivity (Wildman–Crippen MR) is 96.3 cm³/mol. The maximum Gasteiger partial charge on any atom is 0.274 e. The average Bonchev–Trinajstić information content (AvgIpc) is 3.20. The monoisotopic (exact) mass is 339 g/mol. The molecule has 2 aliphatic heterocycles. The number of hydrogen-bond acceptors (Lipinski definition) is 3. The molecule has 1 saturated heterocycles. The van der Waals surface area contributed by atoms with E-state index in [0.717, 1.165) is 55.9 Å². The van der Waals surface area contributed by atoms with Crippen molar-refractivity contribution in [1.29, 1.82) is 0 Å². The maximum absolute atomic E-state index is 13.1. The Hall–Kier alpha value is -2.14. The van der Waals surface area contributed by atoms with Crippen molar-refractivity contribution in [3.8, 4) is 11.4 Å². The lowest BCUT2D eigenvalue weighted by Crippen LogP contribution is -2.30. The molecule has 1 aromatic heterocycles. The van der Waals surface area contributed by atoms with E-state index in [1.807, 2.05) is 23.1 Å². The van der Waals surface area contributed by atoms with Gasteiger partial charge in [0.2, 0.25) is 0 Å². The highest BCUT2D eigenvalue weighted by Crippen LogP contribution is 2.29. The summed E-state index contributed by atoms with van der Waals surface area (Å²) in [6, 6.07) is 10.2. The predicted octanol–water partition coefficient (Wildman–Crippen LogP) is 2.73. The van der Waals surface area contributed by atoms with Crippen molar-refractivity contribution in [3.05, 3.63) is 41.7 Å². The van der Waals surface area contributed by atoms with Gasteiger partial charge in [0.15, 0.2) is 0 Å². The van der Waals surface area contributed by atoms with E-state index in [1.165, 1.54) is 6.42 Å². The topological polar surface area (TPSA) is 58.4 Å². The van der Waals surface area contributed by atoms with Gasteiger partial charge in [-0.25, -0.2) is 4.98 Å². The first-order valence-corrected chi connectivity index (χ1v) is 9.33. The minimum absolute atomic E-state index is 0.0313. The molecule has 1 fully saturated rings. The summed E-state index contributed by atoms with van der Waals surface area (Å²) < 4.78 is 2.26. The number of fused-ring (bicyclic) bond motifs is 1. The fourth-order valence-corrected chi connectivity index (χ4v) is 4.01. The van der Waals surface area contributed by atoms with Crippen LogP contribution in [0.5, 0.6) is 0 Å². The quantitative estimate of drug-likeness (QED) is 0.935. The zero-order chi connectivity index (χ0) is 17.2. The number of nitrogens with zero attached hydrogens (tertiary/aromatic N) is 3. The number of benzene rings is 1. The zero-order valence-corrected chi connectivity index (χ0v) is 14.5. The van der Waals surface area contributed by atoms with Gasteiger partial charge in [-0.1, -0.05) is 36.8 Å². The van der Waals surface area contributed by atoms with Crippen molar-refractivity contribution in [3.63, 3.8) is 0 Å². The molecule has 1 unspecified atom stereocenters. The molecule has 5 heteroatoms. The Morgan fingerprint density at radius 2 is 2.00 bits per heavy atom. The standard InChI is InChI=1S/C20H25N3O2/c24-14-15-10-12-22(13-15)20(25)18-17-9-5-2-6-11-23(17)19(21-18)16-7-3-1-4-8-16/h1,3-4,7-8,15,24H,2,5-6,9-14H2. The summed E-state index contributed by atoms with van der Waals surface area (Å²) in [4.78, 5) is 19.8. The molecule has 25 heavy (non-hydrogen) atoms. The summed E-state index contributed by atoms with van der Waals surface area (Å²) in [7, 11) is 0. The van der Waals surface area contributed by atoms with Gasteiger partial charge in [0.1, 0.15) is 11.5 Å². The molecular formula is C20H25N3O2. The van der Waals surface area contributed by atoms with Crippen LogP contribution in [0, 0.1) is 5.92 Å². The van der Waals surface area contributed by atoms with Gasteiger partial charge >= 0.3 is 0 Å². The van der Waals surface area contributed by atoms with E-state index < -0.39 is 0 Å². The second-order valence-corrected chi connectivity index (χ2v) is 7.15. The molecule has 2 aliphatic rings. The number of aliphatic hydroxyl groups excluding tert-OH is 1. The summed E-state index contributed by atoms with van der Waals surface area (Å²) in [6.45, 7) is 2.44. The second-order valence-electron chi connectivity index (χ2n) is 7.15. The molecule has 0 saturated carbocycles. The van der Waals surface area contributed by atoms with Crippen LogP contribution in [0.2, 0.25) is 0 Å². The van der Waals surface area contributed by atoms with Gasteiger partial charge in [-0.15, -0.1) is 0 Å². The summed E-state index contributed by atoms with van der Waals surface area (Å²) in [5.74, 6) is 1.15. The molecular weight excluding hydrogens is 314 g/mol. The normalized spacial score (nSPS) is 20.4. The molecule has 0 bridgehead atoms. The number of aromatic nitrogens is 2. The summed E-state index contributed by atoms with van der Waals surface area (Å²) in [6.07, 6.45) is 5.23.